The van der Waals surface area contributed by atoms with Gasteiger partial charge in [-0.25, -0.2) is 9.67 Å². The second kappa shape index (κ2) is 11.8. The van der Waals surface area contributed by atoms with E-state index >= 15 is 0 Å². The SMILES string of the molecule is CCNc1cc2c(cn1)c(-c1ccc(CN3CCCCC3)cc1)nn2[C@H]1CC[C@@H](Oc2ccc(=O)n(C)n2)CC1. The van der Waals surface area contributed by atoms with Crippen LogP contribution in [0.2, 0.25) is 0 Å². The van der Waals surface area contributed by atoms with Gasteiger partial charge in [-0.05, 0) is 64.1 Å². The predicted molar refractivity (Wildman–Crippen MR) is 158 cm³/mol. The zero-order valence-electron chi connectivity index (χ0n) is 23.6. The molecule has 40 heavy (non-hydrogen) atoms. The molecule has 0 spiro atoms. The van der Waals surface area contributed by atoms with Gasteiger partial charge in [0, 0.05) is 55.5 Å². The maximum Gasteiger partial charge on any atom is 0.266 e. The third kappa shape index (κ3) is 5.75. The maximum absolute atomic E-state index is 11.7. The van der Waals surface area contributed by atoms with Gasteiger partial charge in [-0.2, -0.15) is 5.10 Å². The van der Waals surface area contributed by atoms with Gasteiger partial charge in [0.05, 0.1) is 11.6 Å². The molecule has 0 amide bonds. The van der Waals surface area contributed by atoms with E-state index in [4.69, 9.17) is 9.84 Å². The van der Waals surface area contributed by atoms with Gasteiger partial charge >= 0.3 is 0 Å². The summed E-state index contributed by atoms with van der Waals surface area (Å²) in [5.41, 5.74) is 4.45. The third-order valence-corrected chi connectivity index (χ3v) is 8.24. The van der Waals surface area contributed by atoms with Crippen molar-refractivity contribution in [3.05, 3.63) is 64.6 Å². The first kappa shape index (κ1) is 26.5. The van der Waals surface area contributed by atoms with Gasteiger partial charge in [0.25, 0.3) is 5.56 Å². The van der Waals surface area contributed by atoms with Crippen LogP contribution in [0.1, 0.15) is 63.5 Å². The van der Waals surface area contributed by atoms with Crippen LogP contribution in [0.5, 0.6) is 5.88 Å². The number of likely N-dealkylation sites (tertiary alicyclic amines) is 1. The second-order valence-electron chi connectivity index (χ2n) is 11.1. The molecule has 0 atom stereocenters. The molecule has 9 heteroatoms. The average Bonchev–Trinajstić information content (AvgIpc) is 3.35. The van der Waals surface area contributed by atoms with Crippen LogP contribution in [0.3, 0.4) is 0 Å². The molecule has 0 bridgehead atoms. The van der Waals surface area contributed by atoms with Gasteiger partial charge in [-0.1, -0.05) is 30.7 Å². The molecule has 3 aromatic heterocycles. The minimum absolute atomic E-state index is 0.0778. The van der Waals surface area contributed by atoms with Crippen molar-refractivity contribution in [2.45, 2.75) is 70.6 Å². The monoisotopic (exact) mass is 541 g/mol. The maximum atomic E-state index is 11.7. The topological polar surface area (TPSA) is 90.1 Å². The van der Waals surface area contributed by atoms with Crippen LogP contribution < -0.4 is 15.6 Å². The van der Waals surface area contributed by atoms with E-state index < -0.39 is 0 Å². The Bertz CT molecular complexity index is 1500. The summed E-state index contributed by atoms with van der Waals surface area (Å²) in [4.78, 5) is 18.9. The van der Waals surface area contributed by atoms with Crippen molar-refractivity contribution in [2.24, 2.45) is 7.05 Å². The molecular formula is C31H39N7O2. The summed E-state index contributed by atoms with van der Waals surface area (Å²) >= 11 is 0. The number of hydrogen-bond acceptors (Lipinski definition) is 7. The lowest BCUT2D eigenvalue weighted by Crippen LogP contribution is -2.29. The molecule has 4 aromatic rings. The first-order chi connectivity index (χ1) is 19.6. The Morgan fingerprint density at radius 2 is 1.75 bits per heavy atom. The number of hydrogen-bond donors (Lipinski definition) is 1. The van der Waals surface area contributed by atoms with E-state index in [1.807, 2.05) is 6.20 Å². The van der Waals surface area contributed by atoms with Crippen molar-refractivity contribution in [1.82, 2.24) is 29.4 Å². The van der Waals surface area contributed by atoms with Crippen molar-refractivity contribution >= 4 is 16.7 Å². The van der Waals surface area contributed by atoms with Crippen LogP contribution in [0.4, 0.5) is 5.82 Å². The smallest absolute Gasteiger partial charge is 0.266 e. The van der Waals surface area contributed by atoms with Gasteiger partial charge in [0.1, 0.15) is 17.6 Å². The normalized spacial score (nSPS) is 20.1. The number of nitrogens with zero attached hydrogens (tertiary/aromatic N) is 6. The Balaban J connectivity index is 1.22. The Labute approximate surface area is 235 Å². The Morgan fingerprint density at radius 3 is 2.48 bits per heavy atom. The summed E-state index contributed by atoms with van der Waals surface area (Å²) in [6.07, 6.45) is 9.74. The van der Waals surface area contributed by atoms with E-state index in [1.165, 1.54) is 48.7 Å². The van der Waals surface area contributed by atoms with E-state index in [0.29, 0.717) is 5.88 Å². The number of aryl methyl sites for hydroxylation is 1. The summed E-state index contributed by atoms with van der Waals surface area (Å²) in [7, 11) is 1.64. The minimum Gasteiger partial charge on any atom is -0.473 e. The van der Waals surface area contributed by atoms with Crippen molar-refractivity contribution in [2.75, 3.05) is 25.0 Å². The largest absolute Gasteiger partial charge is 0.473 e. The molecule has 1 aromatic carbocycles. The van der Waals surface area contributed by atoms with Crippen molar-refractivity contribution in [3.63, 3.8) is 0 Å². The molecule has 1 saturated heterocycles. The standard InChI is InChI=1S/C31H39N7O2/c1-3-32-28-19-27-26(20-33-28)31(23-9-7-22(8-10-23)21-37-17-5-4-6-18-37)35-38(27)24-11-13-25(14-12-24)40-29-15-16-30(39)36(2)34-29/h7-10,15-16,19-20,24-25H,3-6,11-14,17-18,21H2,1-2H3,(H,32,33)/t24-,25+. The number of piperidine rings is 1. The fourth-order valence-electron chi connectivity index (χ4n) is 6.07. The lowest BCUT2D eigenvalue weighted by Gasteiger charge is -2.29. The molecule has 1 aliphatic carbocycles. The lowest BCUT2D eigenvalue weighted by atomic mass is 9.93. The van der Waals surface area contributed by atoms with Crippen LogP contribution in [0.25, 0.3) is 22.2 Å². The minimum atomic E-state index is -0.138. The molecule has 1 N–H and O–H groups in total. The van der Waals surface area contributed by atoms with E-state index in [2.05, 4.69) is 62.2 Å². The number of anilines is 1. The predicted octanol–water partition coefficient (Wildman–Crippen LogP) is 5.17. The highest BCUT2D eigenvalue weighted by atomic mass is 16.5. The Kier molecular flexibility index (Phi) is 7.82. The van der Waals surface area contributed by atoms with Crippen LogP contribution in [-0.2, 0) is 13.6 Å². The number of benzene rings is 1. The molecule has 9 nitrogen and oxygen atoms in total. The van der Waals surface area contributed by atoms with E-state index in [0.717, 1.165) is 66.8 Å². The second-order valence-corrected chi connectivity index (χ2v) is 11.1. The van der Waals surface area contributed by atoms with Crippen LogP contribution >= 0.6 is 0 Å². The summed E-state index contributed by atoms with van der Waals surface area (Å²) in [6, 6.07) is 14.5. The Hall–Kier alpha value is -3.72. The molecule has 6 rings (SSSR count). The van der Waals surface area contributed by atoms with Gasteiger partial charge < -0.3 is 10.1 Å². The molecule has 0 unspecified atom stereocenters. The van der Waals surface area contributed by atoms with Crippen molar-refractivity contribution < 1.29 is 4.74 Å². The lowest BCUT2D eigenvalue weighted by molar-refractivity contribution is 0.123. The fraction of sp³-hybridized carbons (Fsp3) is 0.484. The van der Waals surface area contributed by atoms with E-state index in [9.17, 15) is 4.79 Å². The highest BCUT2D eigenvalue weighted by molar-refractivity contribution is 5.94. The molecule has 210 valence electrons. The molecule has 1 saturated carbocycles. The van der Waals surface area contributed by atoms with Gasteiger partial charge in [0.15, 0.2) is 0 Å². The quantitative estimate of drug-likeness (QED) is 0.329. The number of pyridine rings is 1. The average molecular weight is 542 g/mol. The molecule has 4 heterocycles. The van der Waals surface area contributed by atoms with Crippen molar-refractivity contribution in [3.8, 4) is 17.1 Å². The molecule has 0 radical (unpaired) electrons. The highest BCUT2D eigenvalue weighted by Crippen LogP contribution is 2.36. The van der Waals surface area contributed by atoms with Crippen LogP contribution in [0, 0.1) is 0 Å². The van der Waals surface area contributed by atoms with Gasteiger partial charge in [0.2, 0.25) is 5.88 Å². The first-order valence-electron chi connectivity index (χ1n) is 14.7. The molecular weight excluding hydrogens is 502 g/mol. The van der Waals surface area contributed by atoms with Gasteiger partial charge in [-0.3, -0.25) is 14.4 Å². The molecule has 1 aliphatic heterocycles. The summed E-state index contributed by atoms with van der Waals surface area (Å²) in [5, 5.41) is 13.9. The fourth-order valence-corrected chi connectivity index (χ4v) is 6.07. The van der Waals surface area contributed by atoms with E-state index in [-0.39, 0.29) is 17.7 Å². The number of nitrogens with one attached hydrogen (secondary N) is 1. The molecule has 2 fully saturated rings. The molecule has 2 aliphatic rings. The Morgan fingerprint density at radius 1 is 0.975 bits per heavy atom. The summed E-state index contributed by atoms with van der Waals surface area (Å²) in [5.74, 6) is 1.37. The number of fused-ring (bicyclic) bond motifs is 1. The van der Waals surface area contributed by atoms with Crippen LogP contribution in [0.15, 0.2) is 53.5 Å². The first-order valence-corrected chi connectivity index (χ1v) is 14.7. The number of aromatic nitrogens is 5. The van der Waals surface area contributed by atoms with Gasteiger partial charge in [-0.15, -0.1) is 5.10 Å². The third-order valence-electron chi connectivity index (χ3n) is 8.24. The summed E-state index contributed by atoms with van der Waals surface area (Å²) < 4.78 is 9.66. The zero-order valence-corrected chi connectivity index (χ0v) is 23.6. The zero-order chi connectivity index (χ0) is 27.5. The summed E-state index contributed by atoms with van der Waals surface area (Å²) in [6.45, 7) is 6.32. The van der Waals surface area contributed by atoms with Crippen molar-refractivity contribution in [1.29, 1.82) is 0 Å². The number of ether oxygens (including phenoxy) is 1. The highest BCUT2D eigenvalue weighted by Gasteiger charge is 2.27. The van der Waals surface area contributed by atoms with Crippen LogP contribution in [-0.4, -0.2) is 55.2 Å². The van der Waals surface area contributed by atoms with E-state index in [1.54, 1.807) is 13.1 Å². The number of rotatable bonds is 8.